The summed E-state index contributed by atoms with van der Waals surface area (Å²) in [7, 11) is 1.97. The molecule has 0 aliphatic heterocycles. The van der Waals surface area contributed by atoms with Gasteiger partial charge in [-0.25, -0.2) is 0 Å². The van der Waals surface area contributed by atoms with Crippen LogP contribution >= 0.6 is 0 Å². The Morgan fingerprint density at radius 1 is 1.56 bits per heavy atom. The Labute approximate surface area is 97.8 Å². The van der Waals surface area contributed by atoms with E-state index in [2.05, 4.69) is 11.2 Å². The second-order valence-electron chi connectivity index (χ2n) is 4.20. The average molecular weight is 225 g/mol. The number of ether oxygens (including phenoxy) is 1. The van der Waals surface area contributed by atoms with Crippen molar-refractivity contribution < 1.29 is 4.74 Å². The Morgan fingerprint density at radius 2 is 2.31 bits per heavy atom. The minimum atomic E-state index is 0.204. The first kappa shape index (κ1) is 13.2. The van der Waals surface area contributed by atoms with Crippen LogP contribution in [0.25, 0.3) is 0 Å². The molecule has 1 heterocycles. The Kier molecular flexibility index (Phi) is 5.49. The van der Waals surface area contributed by atoms with Gasteiger partial charge in [0.05, 0.1) is 5.69 Å². The van der Waals surface area contributed by atoms with Gasteiger partial charge in [0.2, 0.25) is 0 Å². The van der Waals surface area contributed by atoms with Crippen LogP contribution in [0, 0.1) is 6.92 Å². The maximum atomic E-state index is 6.07. The van der Waals surface area contributed by atoms with Crippen LogP contribution in [0.15, 0.2) is 6.07 Å². The number of hydrogen-bond acceptors (Lipinski definition) is 3. The van der Waals surface area contributed by atoms with Gasteiger partial charge in [0.15, 0.2) is 0 Å². The first-order valence-electron chi connectivity index (χ1n) is 5.96. The summed E-state index contributed by atoms with van der Waals surface area (Å²) in [4.78, 5) is 0. The van der Waals surface area contributed by atoms with Gasteiger partial charge in [-0.15, -0.1) is 0 Å². The lowest BCUT2D eigenvalue weighted by atomic mass is 10.1. The van der Waals surface area contributed by atoms with Gasteiger partial charge in [0.25, 0.3) is 0 Å². The summed E-state index contributed by atoms with van der Waals surface area (Å²) in [6.07, 6.45) is 2.93. The van der Waals surface area contributed by atoms with Gasteiger partial charge in [-0.05, 0) is 32.8 Å². The lowest BCUT2D eigenvalue weighted by Crippen LogP contribution is -2.24. The zero-order valence-electron chi connectivity index (χ0n) is 10.6. The molecular weight excluding hydrogens is 202 g/mol. The zero-order chi connectivity index (χ0) is 12.0. The molecule has 1 aromatic heterocycles. The lowest BCUT2D eigenvalue weighted by Gasteiger charge is -2.11. The van der Waals surface area contributed by atoms with Crippen molar-refractivity contribution in [1.82, 2.24) is 9.78 Å². The summed E-state index contributed by atoms with van der Waals surface area (Å²) < 4.78 is 7.20. The average Bonchev–Trinajstić information content (AvgIpc) is 2.52. The molecular formula is C12H23N3O. The van der Waals surface area contributed by atoms with Crippen LogP contribution in [0.3, 0.4) is 0 Å². The number of aryl methyl sites for hydroxylation is 2. The predicted octanol–water partition coefficient (Wildman–Crippen LogP) is 1.42. The van der Waals surface area contributed by atoms with Gasteiger partial charge < -0.3 is 10.5 Å². The summed E-state index contributed by atoms with van der Waals surface area (Å²) in [5, 5.41) is 4.31. The number of nitrogens with two attached hydrogens (primary N) is 1. The number of aromatic nitrogens is 2. The fourth-order valence-corrected chi connectivity index (χ4v) is 1.82. The Bertz CT molecular complexity index is 309. The van der Waals surface area contributed by atoms with Crippen molar-refractivity contribution >= 4 is 0 Å². The highest BCUT2D eigenvalue weighted by molar-refractivity contribution is 5.09. The largest absolute Gasteiger partial charge is 0.382 e. The van der Waals surface area contributed by atoms with Gasteiger partial charge in [0.1, 0.15) is 0 Å². The van der Waals surface area contributed by atoms with Gasteiger partial charge in [-0.2, -0.15) is 5.10 Å². The minimum absolute atomic E-state index is 0.204. The van der Waals surface area contributed by atoms with Gasteiger partial charge in [0, 0.05) is 38.4 Å². The monoisotopic (exact) mass is 225 g/mol. The van der Waals surface area contributed by atoms with E-state index >= 15 is 0 Å². The van der Waals surface area contributed by atoms with E-state index in [1.165, 1.54) is 5.69 Å². The van der Waals surface area contributed by atoms with E-state index in [9.17, 15) is 0 Å². The van der Waals surface area contributed by atoms with E-state index < -0.39 is 0 Å². The fraction of sp³-hybridized carbons (Fsp3) is 0.750. The van der Waals surface area contributed by atoms with Crippen LogP contribution in [0.5, 0.6) is 0 Å². The highest BCUT2D eigenvalue weighted by Gasteiger charge is 2.08. The summed E-state index contributed by atoms with van der Waals surface area (Å²) >= 11 is 0. The second kappa shape index (κ2) is 6.66. The molecule has 2 N–H and O–H groups in total. The van der Waals surface area contributed by atoms with E-state index in [4.69, 9.17) is 10.5 Å². The molecule has 92 valence electrons. The molecule has 16 heavy (non-hydrogen) atoms. The molecule has 0 saturated heterocycles. The van der Waals surface area contributed by atoms with Crippen molar-refractivity contribution in [3.8, 4) is 0 Å². The summed E-state index contributed by atoms with van der Waals surface area (Å²) in [6.45, 7) is 5.62. The number of rotatable bonds is 7. The van der Waals surface area contributed by atoms with E-state index in [-0.39, 0.29) is 6.04 Å². The van der Waals surface area contributed by atoms with Crippen molar-refractivity contribution in [2.45, 2.75) is 39.2 Å². The van der Waals surface area contributed by atoms with E-state index in [1.807, 2.05) is 25.6 Å². The highest BCUT2D eigenvalue weighted by Crippen LogP contribution is 2.07. The van der Waals surface area contributed by atoms with E-state index in [1.54, 1.807) is 0 Å². The quantitative estimate of drug-likeness (QED) is 0.714. The third kappa shape index (κ3) is 4.33. The van der Waals surface area contributed by atoms with Gasteiger partial charge >= 0.3 is 0 Å². The third-order valence-electron chi connectivity index (χ3n) is 2.64. The van der Waals surface area contributed by atoms with Crippen LogP contribution in [0.4, 0.5) is 0 Å². The molecule has 1 aromatic rings. The molecule has 0 aromatic carbocycles. The molecule has 0 spiro atoms. The minimum Gasteiger partial charge on any atom is -0.382 e. The van der Waals surface area contributed by atoms with Gasteiger partial charge in [-0.1, -0.05) is 0 Å². The highest BCUT2D eigenvalue weighted by atomic mass is 16.5. The first-order valence-corrected chi connectivity index (χ1v) is 5.96. The molecule has 0 amide bonds. The molecule has 4 nitrogen and oxygen atoms in total. The van der Waals surface area contributed by atoms with Crippen LogP contribution in [0.2, 0.25) is 0 Å². The molecule has 0 saturated carbocycles. The SMILES string of the molecule is CCOCCCC(N)Cc1cc(C)nn1C. The van der Waals surface area contributed by atoms with Crippen molar-refractivity contribution in [1.29, 1.82) is 0 Å². The van der Waals surface area contributed by atoms with Crippen molar-refractivity contribution in [3.05, 3.63) is 17.5 Å². The molecule has 4 heteroatoms. The molecule has 0 aliphatic rings. The van der Waals surface area contributed by atoms with Gasteiger partial charge in [-0.3, -0.25) is 4.68 Å². The molecule has 0 fully saturated rings. The normalized spacial score (nSPS) is 13.0. The molecule has 1 atom stereocenters. The van der Waals surface area contributed by atoms with Crippen LogP contribution in [0.1, 0.15) is 31.2 Å². The Balaban J connectivity index is 2.28. The Hall–Kier alpha value is -0.870. The van der Waals surface area contributed by atoms with E-state index in [0.717, 1.165) is 38.2 Å². The predicted molar refractivity (Wildman–Crippen MR) is 65.4 cm³/mol. The van der Waals surface area contributed by atoms with Crippen molar-refractivity contribution in [2.75, 3.05) is 13.2 Å². The van der Waals surface area contributed by atoms with Crippen LogP contribution in [-0.4, -0.2) is 29.0 Å². The summed E-state index contributed by atoms with van der Waals surface area (Å²) in [5.41, 5.74) is 8.33. The first-order chi connectivity index (χ1) is 7.63. The maximum Gasteiger partial charge on any atom is 0.0596 e. The molecule has 1 unspecified atom stereocenters. The standard InChI is InChI=1S/C12H23N3O/c1-4-16-7-5-6-11(13)9-12-8-10(2)14-15(12)3/h8,11H,4-7,9,13H2,1-3H3. The number of hydrogen-bond donors (Lipinski definition) is 1. The van der Waals surface area contributed by atoms with Crippen molar-refractivity contribution in [2.24, 2.45) is 12.8 Å². The molecule has 0 radical (unpaired) electrons. The molecule has 0 bridgehead atoms. The zero-order valence-corrected chi connectivity index (χ0v) is 10.6. The van der Waals surface area contributed by atoms with Crippen molar-refractivity contribution in [3.63, 3.8) is 0 Å². The number of nitrogens with zero attached hydrogens (tertiary/aromatic N) is 2. The summed E-state index contributed by atoms with van der Waals surface area (Å²) in [6, 6.07) is 2.30. The van der Waals surface area contributed by atoms with Crippen LogP contribution < -0.4 is 5.73 Å². The molecule has 1 rings (SSSR count). The summed E-state index contributed by atoms with van der Waals surface area (Å²) in [5.74, 6) is 0. The smallest absolute Gasteiger partial charge is 0.0596 e. The lowest BCUT2D eigenvalue weighted by molar-refractivity contribution is 0.142. The molecule has 0 aliphatic carbocycles. The van der Waals surface area contributed by atoms with Crippen LogP contribution in [-0.2, 0) is 18.2 Å². The van der Waals surface area contributed by atoms with E-state index in [0.29, 0.717) is 0 Å². The second-order valence-corrected chi connectivity index (χ2v) is 4.20. The topological polar surface area (TPSA) is 53.1 Å². The Morgan fingerprint density at radius 3 is 2.88 bits per heavy atom. The third-order valence-corrected chi connectivity index (χ3v) is 2.64. The fourth-order valence-electron chi connectivity index (χ4n) is 1.82. The maximum absolute atomic E-state index is 6.07.